The number of nitrogens with zero attached hydrogens (tertiary/aromatic N) is 2. The van der Waals surface area contributed by atoms with E-state index in [9.17, 15) is 0 Å². The number of hydrogen-bond acceptors (Lipinski definition) is 4. The zero-order valence-corrected chi connectivity index (χ0v) is 20.1. The zero-order chi connectivity index (χ0) is 19.9. The first-order valence-electron chi connectivity index (χ1n) is 9.48. The molecule has 7 heteroatoms. The number of halogens is 1. The first-order valence-corrected chi connectivity index (χ1v) is 9.48. The summed E-state index contributed by atoms with van der Waals surface area (Å²) in [6.45, 7) is 14.8. The van der Waals surface area contributed by atoms with Crippen molar-refractivity contribution in [2.24, 2.45) is 4.99 Å². The van der Waals surface area contributed by atoms with E-state index in [4.69, 9.17) is 9.15 Å². The Labute approximate surface area is 185 Å². The van der Waals surface area contributed by atoms with Gasteiger partial charge in [0.15, 0.2) is 5.96 Å². The summed E-state index contributed by atoms with van der Waals surface area (Å²) in [5.74, 6) is 3.07. The number of oxazole rings is 1. The van der Waals surface area contributed by atoms with Crippen molar-refractivity contribution in [1.29, 1.82) is 0 Å². The Morgan fingerprint density at radius 1 is 1.21 bits per heavy atom. The van der Waals surface area contributed by atoms with Crippen molar-refractivity contribution >= 4 is 29.9 Å². The highest BCUT2D eigenvalue weighted by molar-refractivity contribution is 14.0. The molecular formula is C21H33IN4O2. The van der Waals surface area contributed by atoms with Gasteiger partial charge in [0.05, 0.1) is 12.2 Å². The molecule has 2 N–H and O–H groups in total. The third-order valence-electron chi connectivity index (χ3n) is 4.15. The molecule has 156 valence electrons. The Morgan fingerprint density at radius 3 is 2.57 bits per heavy atom. The maximum Gasteiger partial charge on any atom is 0.216 e. The molecule has 0 saturated carbocycles. The number of guanidine groups is 1. The number of rotatable bonds is 7. The second-order valence-electron chi connectivity index (χ2n) is 7.50. The molecule has 0 saturated heterocycles. The van der Waals surface area contributed by atoms with E-state index in [2.05, 4.69) is 53.5 Å². The monoisotopic (exact) mass is 500 g/mol. The van der Waals surface area contributed by atoms with E-state index in [1.807, 2.05) is 32.9 Å². The fraction of sp³-hybridized carbons (Fsp3) is 0.524. The van der Waals surface area contributed by atoms with Crippen molar-refractivity contribution in [2.75, 3.05) is 19.7 Å². The predicted molar refractivity (Wildman–Crippen MR) is 125 cm³/mol. The summed E-state index contributed by atoms with van der Waals surface area (Å²) < 4.78 is 11.4. The summed E-state index contributed by atoms with van der Waals surface area (Å²) in [5.41, 5.74) is 2.28. The summed E-state index contributed by atoms with van der Waals surface area (Å²) in [6.07, 6.45) is 0. The smallest absolute Gasteiger partial charge is 0.216 e. The molecule has 0 bridgehead atoms. The Morgan fingerprint density at radius 2 is 1.96 bits per heavy atom. The van der Waals surface area contributed by atoms with Crippen LogP contribution in [0.4, 0.5) is 0 Å². The van der Waals surface area contributed by atoms with E-state index in [1.165, 1.54) is 5.56 Å². The normalized spacial score (nSPS) is 11.7. The molecule has 2 rings (SSSR count). The van der Waals surface area contributed by atoms with Crippen LogP contribution in [0.1, 0.15) is 50.6 Å². The van der Waals surface area contributed by atoms with Crippen molar-refractivity contribution in [1.82, 2.24) is 15.6 Å². The SMILES string of the molecule is CCNC(=NCc1nc(C)c(C)o1)NCCOc1cccc(C(C)(C)C)c1.I. The summed E-state index contributed by atoms with van der Waals surface area (Å²) in [6, 6.07) is 8.26. The van der Waals surface area contributed by atoms with Gasteiger partial charge in [-0.05, 0) is 43.9 Å². The quantitative estimate of drug-likeness (QED) is 0.256. The summed E-state index contributed by atoms with van der Waals surface area (Å²) in [5, 5.41) is 6.49. The lowest BCUT2D eigenvalue weighted by Crippen LogP contribution is -2.39. The average Bonchev–Trinajstić information content (AvgIpc) is 2.94. The fourth-order valence-electron chi connectivity index (χ4n) is 2.49. The van der Waals surface area contributed by atoms with Crippen LogP contribution in [0.2, 0.25) is 0 Å². The molecule has 0 atom stereocenters. The minimum Gasteiger partial charge on any atom is -0.492 e. The molecule has 1 aromatic heterocycles. The highest BCUT2D eigenvalue weighted by Crippen LogP contribution is 2.25. The lowest BCUT2D eigenvalue weighted by molar-refractivity contribution is 0.321. The Balaban J connectivity index is 0.00000392. The molecule has 0 unspecified atom stereocenters. The molecule has 6 nitrogen and oxygen atoms in total. The van der Waals surface area contributed by atoms with Gasteiger partial charge in [0.1, 0.15) is 24.7 Å². The molecule has 28 heavy (non-hydrogen) atoms. The van der Waals surface area contributed by atoms with Gasteiger partial charge in [-0.25, -0.2) is 9.98 Å². The highest BCUT2D eigenvalue weighted by atomic mass is 127. The molecule has 1 aromatic carbocycles. The van der Waals surface area contributed by atoms with E-state index in [0.29, 0.717) is 25.6 Å². The van der Waals surface area contributed by atoms with Gasteiger partial charge in [0.25, 0.3) is 0 Å². The van der Waals surface area contributed by atoms with E-state index in [1.54, 1.807) is 0 Å². The number of aryl methyl sites for hydroxylation is 2. The van der Waals surface area contributed by atoms with E-state index >= 15 is 0 Å². The molecule has 0 spiro atoms. The van der Waals surface area contributed by atoms with Gasteiger partial charge < -0.3 is 19.8 Å². The van der Waals surface area contributed by atoms with Crippen molar-refractivity contribution in [3.05, 3.63) is 47.2 Å². The maximum absolute atomic E-state index is 5.88. The van der Waals surface area contributed by atoms with Crippen LogP contribution in [0.3, 0.4) is 0 Å². The topological polar surface area (TPSA) is 71.7 Å². The van der Waals surface area contributed by atoms with Crippen molar-refractivity contribution in [2.45, 2.75) is 53.5 Å². The van der Waals surface area contributed by atoms with Crippen molar-refractivity contribution < 1.29 is 9.15 Å². The molecule has 1 heterocycles. The van der Waals surface area contributed by atoms with Gasteiger partial charge in [-0.2, -0.15) is 0 Å². The van der Waals surface area contributed by atoms with Crippen LogP contribution in [0.15, 0.2) is 33.7 Å². The van der Waals surface area contributed by atoms with Gasteiger partial charge in [-0.1, -0.05) is 32.9 Å². The molecule has 2 aromatic rings. The first kappa shape index (κ1) is 24.3. The predicted octanol–water partition coefficient (Wildman–Crippen LogP) is 4.34. The molecule has 0 fully saturated rings. The molecular weight excluding hydrogens is 467 g/mol. The lowest BCUT2D eigenvalue weighted by atomic mass is 9.87. The maximum atomic E-state index is 5.88. The van der Waals surface area contributed by atoms with Crippen molar-refractivity contribution in [3.63, 3.8) is 0 Å². The minimum atomic E-state index is 0. The fourth-order valence-corrected chi connectivity index (χ4v) is 2.49. The van der Waals surface area contributed by atoms with Crippen molar-refractivity contribution in [3.8, 4) is 5.75 Å². The van der Waals surface area contributed by atoms with Crippen LogP contribution in [0, 0.1) is 13.8 Å². The first-order chi connectivity index (χ1) is 12.8. The van der Waals surface area contributed by atoms with E-state index in [0.717, 1.165) is 29.7 Å². The standard InChI is InChI=1S/C21H32N4O2.HI/c1-7-22-20(24-14-19-25-15(2)16(3)27-19)23-11-12-26-18-10-8-9-17(13-18)21(4,5)6;/h8-10,13H,7,11-12,14H2,1-6H3,(H2,22,23,24);1H. The van der Waals surface area contributed by atoms with Crippen LogP contribution in [-0.2, 0) is 12.0 Å². The van der Waals surface area contributed by atoms with E-state index < -0.39 is 0 Å². The van der Waals surface area contributed by atoms with Crippen LogP contribution >= 0.6 is 24.0 Å². The number of nitrogens with one attached hydrogen (secondary N) is 2. The number of benzene rings is 1. The summed E-state index contributed by atoms with van der Waals surface area (Å²) in [4.78, 5) is 8.86. The van der Waals surface area contributed by atoms with E-state index in [-0.39, 0.29) is 29.4 Å². The molecule has 0 radical (unpaired) electrons. The van der Waals surface area contributed by atoms with Crippen LogP contribution in [0.25, 0.3) is 0 Å². The number of aliphatic imine (C=N–C) groups is 1. The van der Waals surface area contributed by atoms with Crippen LogP contribution < -0.4 is 15.4 Å². The third-order valence-corrected chi connectivity index (χ3v) is 4.15. The van der Waals surface area contributed by atoms with Gasteiger partial charge in [-0.3, -0.25) is 0 Å². The Kier molecular flexibility index (Phi) is 9.78. The molecule has 0 amide bonds. The average molecular weight is 500 g/mol. The zero-order valence-electron chi connectivity index (χ0n) is 17.8. The lowest BCUT2D eigenvalue weighted by Gasteiger charge is -2.20. The van der Waals surface area contributed by atoms with Gasteiger partial charge >= 0.3 is 0 Å². The Hall–Kier alpha value is -1.77. The molecule has 0 aliphatic rings. The van der Waals surface area contributed by atoms with Gasteiger partial charge in [-0.15, -0.1) is 24.0 Å². The largest absolute Gasteiger partial charge is 0.492 e. The second-order valence-corrected chi connectivity index (χ2v) is 7.50. The summed E-state index contributed by atoms with van der Waals surface area (Å²) >= 11 is 0. The van der Waals surface area contributed by atoms with Crippen LogP contribution in [-0.4, -0.2) is 30.6 Å². The number of aromatic nitrogens is 1. The summed E-state index contributed by atoms with van der Waals surface area (Å²) in [7, 11) is 0. The molecule has 0 aliphatic carbocycles. The van der Waals surface area contributed by atoms with Gasteiger partial charge in [0, 0.05) is 6.54 Å². The minimum absolute atomic E-state index is 0. The molecule has 0 aliphatic heterocycles. The van der Waals surface area contributed by atoms with Crippen LogP contribution in [0.5, 0.6) is 5.75 Å². The highest BCUT2D eigenvalue weighted by Gasteiger charge is 2.13. The number of hydrogen-bond donors (Lipinski definition) is 2. The second kappa shape index (κ2) is 11.3. The Bertz CT molecular complexity index is 747. The van der Waals surface area contributed by atoms with Gasteiger partial charge in [0.2, 0.25) is 5.89 Å². The third kappa shape index (κ3) is 7.69. The number of ether oxygens (including phenoxy) is 1.